The number of hydrogen-bond donors (Lipinski definition) is 2. The van der Waals surface area contributed by atoms with E-state index in [1.807, 2.05) is 39.8 Å². The number of benzene rings is 1. The highest BCUT2D eigenvalue weighted by Gasteiger charge is 2.13. The summed E-state index contributed by atoms with van der Waals surface area (Å²) in [5, 5.41) is 0.595. The van der Waals surface area contributed by atoms with Gasteiger partial charge >= 0.3 is 0 Å². The first-order valence-corrected chi connectivity index (χ1v) is 10.3. The number of hydrazine groups is 1. The minimum atomic E-state index is -0.480. The first-order valence-electron chi connectivity index (χ1n) is 9.49. The molecule has 30 heavy (non-hydrogen) atoms. The van der Waals surface area contributed by atoms with Crippen LogP contribution in [0.3, 0.4) is 0 Å². The van der Waals surface area contributed by atoms with Crippen LogP contribution < -0.4 is 21.1 Å². The van der Waals surface area contributed by atoms with Gasteiger partial charge in [0.1, 0.15) is 10.6 Å². The van der Waals surface area contributed by atoms with E-state index >= 15 is 0 Å². The molecule has 0 spiro atoms. The lowest BCUT2D eigenvalue weighted by Crippen LogP contribution is -2.44. The number of aryl methyl sites for hydroxylation is 5. The molecular formula is C21H24N4O4S. The predicted octanol–water partition coefficient (Wildman–Crippen LogP) is 2.31. The van der Waals surface area contributed by atoms with Crippen LogP contribution >= 0.6 is 11.3 Å². The molecule has 0 bridgehead atoms. The Labute approximate surface area is 177 Å². The lowest BCUT2D eigenvalue weighted by atomic mass is 10.1. The van der Waals surface area contributed by atoms with Gasteiger partial charge in [-0.1, -0.05) is 6.07 Å². The normalized spacial score (nSPS) is 10.8. The van der Waals surface area contributed by atoms with Gasteiger partial charge in [0.15, 0.2) is 6.61 Å². The van der Waals surface area contributed by atoms with Crippen molar-refractivity contribution in [1.29, 1.82) is 0 Å². The molecule has 0 unspecified atom stereocenters. The van der Waals surface area contributed by atoms with E-state index in [4.69, 9.17) is 4.74 Å². The molecule has 0 saturated carbocycles. The number of hydrogen-bond acceptors (Lipinski definition) is 6. The Morgan fingerprint density at radius 3 is 2.57 bits per heavy atom. The number of nitrogens with one attached hydrogen (secondary N) is 2. The predicted molar refractivity (Wildman–Crippen MR) is 116 cm³/mol. The van der Waals surface area contributed by atoms with Crippen LogP contribution in [0.4, 0.5) is 0 Å². The number of carbonyl (C=O) groups excluding carboxylic acids is 2. The van der Waals surface area contributed by atoms with E-state index in [-0.39, 0.29) is 25.1 Å². The van der Waals surface area contributed by atoms with Gasteiger partial charge in [-0.25, -0.2) is 4.98 Å². The standard InChI is InChI=1S/C21H24N4O4S/c1-12-5-6-16(9-13(12)2)29-10-18(27)24-23-17(26)7-8-25-11-22-20-19(21(25)28)14(3)15(4)30-20/h5-6,9,11H,7-8,10H2,1-4H3,(H,23,26)(H,24,27). The van der Waals surface area contributed by atoms with E-state index in [1.54, 1.807) is 6.07 Å². The molecule has 2 N–H and O–H groups in total. The highest BCUT2D eigenvalue weighted by Crippen LogP contribution is 2.25. The Morgan fingerprint density at radius 1 is 1.10 bits per heavy atom. The van der Waals surface area contributed by atoms with Crippen molar-refractivity contribution in [3.63, 3.8) is 0 Å². The van der Waals surface area contributed by atoms with Gasteiger partial charge in [0.2, 0.25) is 5.91 Å². The van der Waals surface area contributed by atoms with E-state index in [2.05, 4.69) is 15.8 Å². The van der Waals surface area contributed by atoms with Gasteiger partial charge in [0, 0.05) is 17.8 Å². The number of fused-ring (bicyclic) bond motifs is 1. The highest BCUT2D eigenvalue weighted by atomic mass is 32.1. The van der Waals surface area contributed by atoms with Crippen LogP contribution in [-0.4, -0.2) is 28.0 Å². The molecule has 9 heteroatoms. The molecule has 0 fully saturated rings. The van der Waals surface area contributed by atoms with Crippen molar-refractivity contribution in [3.05, 3.63) is 56.4 Å². The summed E-state index contributed by atoms with van der Waals surface area (Å²) in [6.07, 6.45) is 1.47. The maximum atomic E-state index is 12.6. The lowest BCUT2D eigenvalue weighted by molar-refractivity contribution is -0.130. The van der Waals surface area contributed by atoms with Gasteiger partial charge in [0.25, 0.3) is 11.5 Å². The number of aromatic nitrogens is 2. The molecule has 0 atom stereocenters. The van der Waals surface area contributed by atoms with E-state index in [9.17, 15) is 14.4 Å². The maximum Gasteiger partial charge on any atom is 0.276 e. The number of ether oxygens (including phenoxy) is 1. The summed E-state index contributed by atoms with van der Waals surface area (Å²) < 4.78 is 6.83. The minimum Gasteiger partial charge on any atom is -0.484 e. The third-order valence-corrected chi connectivity index (χ3v) is 6.04. The summed E-state index contributed by atoms with van der Waals surface area (Å²) in [7, 11) is 0. The molecule has 158 valence electrons. The first-order chi connectivity index (χ1) is 14.3. The maximum absolute atomic E-state index is 12.6. The lowest BCUT2D eigenvalue weighted by Gasteiger charge is -2.10. The van der Waals surface area contributed by atoms with Gasteiger partial charge in [-0.3, -0.25) is 29.8 Å². The number of nitrogens with zero attached hydrogens (tertiary/aromatic N) is 2. The zero-order valence-corrected chi connectivity index (χ0v) is 18.2. The number of thiophene rings is 1. The monoisotopic (exact) mass is 428 g/mol. The molecule has 2 aromatic heterocycles. The Kier molecular flexibility index (Phi) is 6.51. The van der Waals surface area contributed by atoms with E-state index in [1.165, 1.54) is 22.2 Å². The molecule has 8 nitrogen and oxygen atoms in total. The fraction of sp³-hybridized carbons (Fsp3) is 0.333. The van der Waals surface area contributed by atoms with Crippen molar-refractivity contribution in [2.75, 3.05) is 6.61 Å². The minimum absolute atomic E-state index is 0.0214. The zero-order valence-electron chi connectivity index (χ0n) is 17.4. The van der Waals surface area contributed by atoms with Crippen molar-refractivity contribution in [2.45, 2.75) is 40.7 Å². The Hall–Kier alpha value is -3.20. The fourth-order valence-corrected chi connectivity index (χ4v) is 3.83. The molecule has 2 heterocycles. The van der Waals surface area contributed by atoms with E-state index < -0.39 is 11.8 Å². The molecule has 0 radical (unpaired) electrons. The molecule has 3 rings (SSSR count). The van der Waals surface area contributed by atoms with Crippen LogP contribution in [-0.2, 0) is 16.1 Å². The summed E-state index contributed by atoms with van der Waals surface area (Å²) in [6, 6.07) is 5.55. The third-order valence-electron chi connectivity index (χ3n) is 4.93. The Bertz CT molecular complexity index is 1170. The van der Waals surface area contributed by atoms with Crippen molar-refractivity contribution < 1.29 is 14.3 Å². The van der Waals surface area contributed by atoms with Gasteiger partial charge in [-0.2, -0.15) is 0 Å². The van der Waals surface area contributed by atoms with Crippen LogP contribution in [0.25, 0.3) is 10.2 Å². The number of rotatable bonds is 6. The van der Waals surface area contributed by atoms with Crippen LogP contribution in [0.2, 0.25) is 0 Å². The average Bonchev–Trinajstić information content (AvgIpc) is 3.01. The van der Waals surface area contributed by atoms with Gasteiger partial charge in [-0.15, -0.1) is 11.3 Å². The summed E-state index contributed by atoms with van der Waals surface area (Å²) in [5.74, 6) is -0.313. The smallest absolute Gasteiger partial charge is 0.276 e. The van der Waals surface area contributed by atoms with Crippen LogP contribution in [0.5, 0.6) is 5.75 Å². The van der Waals surface area contributed by atoms with Crippen molar-refractivity contribution in [3.8, 4) is 5.75 Å². The van der Waals surface area contributed by atoms with Crippen LogP contribution in [0, 0.1) is 27.7 Å². The zero-order chi connectivity index (χ0) is 21.8. The molecule has 1 aromatic carbocycles. The number of amides is 2. The Balaban J connectivity index is 1.48. The second-order valence-electron chi connectivity index (χ2n) is 7.09. The largest absolute Gasteiger partial charge is 0.484 e. The third kappa shape index (κ3) is 4.85. The molecular weight excluding hydrogens is 404 g/mol. The van der Waals surface area contributed by atoms with Crippen molar-refractivity contribution in [1.82, 2.24) is 20.4 Å². The highest BCUT2D eigenvalue weighted by molar-refractivity contribution is 7.18. The molecule has 0 saturated heterocycles. The topological polar surface area (TPSA) is 102 Å². The molecule has 3 aromatic rings. The SMILES string of the molecule is Cc1ccc(OCC(=O)NNC(=O)CCn2cnc3sc(C)c(C)c3c2=O)cc1C. The second-order valence-corrected chi connectivity index (χ2v) is 8.29. The molecule has 0 aliphatic rings. The summed E-state index contributed by atoms with van der Waals surface area (Å²) in [5.41, 5.74) is 7.59. The first kappa shape index (κ1) is 21.5. The van der Waals surface area contributed by atoms with Gasteiger partial charge < -0.3 is 4.74 Å². The van der Waals surface area contributed by atoms with Gasteiger partial charge in [-0.05, 0) is 56.5 Å². The number of carbonyl (C=O) groups is 2. The Morgan fingerprint density at radius 2 is 1.83 bits per heavy atom. The summed E-state index contributed by atoms with van der Waals surface area (Å²) in [6.45, 7) is 7.74. The van der Waals surface area contributed by atoms with Crippen molar-refractivity contribution >= 4 is 33.4 Å². The van der Waals surface area contributed by atoms with Gasteiger partial charge in [0.05, 0.1) is 11.7 Å². The molecule has 0 aliphatic heterocycles. The molecule has 2 amide bonds. The van der Waals surface area contributed by atoms with Crippen molar-refractivity contribution in [2.24, 2.45) is 0 Å². The quantitative estimate of drug-likeness (QED) is 0.587. The van der Waals surface area contributed by atoms with E-state index in [0.29, 0.717) is 16.0 Å². The molecule has 0 aliphatic carbocycles. The average molecular weight is 429 g/mol. The summed E-state index contributed by atoms with van der Waals surface area (Å²) in [4.78, 5) is 42.6. The fourth-order valence-electron chi connectivity index (χ4n) is 2.84. The second kappa shape index (κ2) is 9.08. The van der Waals surface area contributed by atoms with Crippen LogP contribution in [0.1, 0.15) is 28.0 Å². The van der Waals surface area contributed by atoms with E-state index in [0.717, 1.165) is 21.6 Å². The summed E-state index contributed by atoms with van der Waals surface area (Å²) >= 11 is 1.48. The van der Waals surface area contributed by atoms with Crippen LogP contribution in [0.15, 0.2) is 29.3 Å².